The minimum atomic E-state index is -0.509. The fourth-order valence-electron chi connectivity index (χ4n) is 4.65. The van der Waals surface area contributed by atoms with Crippen LogP contribution in [0.15, 0.2) is 54.6 Å². The molecule has 4 rings (SSSR count). The van der Waals surface area contributed by atoms with Gasteiger partial charge in [0.25, 0.3) is 11.6 Å². The van der Waals surface area contributed by atoms with Crippen molar-refractivity contribution in [3.8, 4) is 0 Å². The zero-order valence-corrected chi connectivity index (χ0v) is 21.9. The average Bonchev–Trinajstić information content (AvgIpc) is 3.32. The van der Waals surface area contributed by atoms with E-state index in [4.69, 9.17) is 4.74 Å². The normalized spacial score (nSPS) is 13.8. The Labute approximate surface area is 220 Å². The van der Waals surface area contributed by atoms with Gasteiger partial charge in [-0.25, -0.2) is 4.79 Å². The van der Waals surface area contributed by atoms with E-state index < -0.39 is 16.8 Å². The van der Waals surface area contributed by atoms with Gasteiger partial charge in [0, 0.05) is 29.6 Å². The highest BCUT2D eigenvalue weighted by Crippen LogP contribution is 2.34. The fourth-order valence-corrected chi connectivity index (χ4v) is 5.63. The molecule has 0 saturated carbocycles. The van der Waals surface area contributed by atoms with Crippen LogP contribution in [0.4, 0.5) is 16.4 Å². The molecule has 1 aliphatic rings. The molecule has 0 atom stereocenters. The molecule has 1 fully saturated rings. The van der Waals surface area contributed by atoms with Crippen molar-refractivity contribution < 1.29 is 19.2 Å². The lowest BCUT2D eigenvalue weighted by Gasteiger charge is -2.33. The van der Waals surface area contributed by atoms with Gasteiger partial charge in [-0.15, -0.1) is 11.3 Å². The number of rotatable bonds is 9. The van der Waals surface area contributed by atoms with E-state index in [1.807, 2.05) is 30.0 Å². The maximum Gasteiger partial charge on any atom is 0.341 e. The lowest BCUT2D eigenvalue weighted by Crippen LogP contribution is -2.34. The Morgan fingerprint density at radius 3 is 2.49 bits per heavy atom. The Bertz CT molecular complexity index is 1270. The Kier molecular flexibility index (Phi) is 8.55. The number of hydrogen-bond donors (Lipinski definition) is 1. The van der Waals surface area contributed by atoms with Crippen LogP contribution >= 0.6 is 11.3 Å². The van der Waals surface area contributed by atoms with E-state index in [9.17, 15) is 19.7 Å². The van der Waals surface area contributed by atoms with Gasteiger partial charge < -0.3 is 15.0 Å². The first-order valence-corrected chi connectivity index (χ1v) is 13.4. The van der Waals surface area contributed by atoms with Crippen LogP contribution in [-0.4, -0.2) is 36.5 Å². The maximum atomic E-state index is 13.0. The lowest BCUT2D eigenvalue weighted by molar-refractivity contribution is -0.384. The van der Waals surface area contributed by atoms with Crippen LogP contribution in [0.25, 0.3) is 0 Å². The summed E-state index contributed by atoms with van der Waals surface area (Å²) in [7, 11) is 0. The number of nitrogens with one attached hydrogen (secondary N) is 1. The third-order valence-electron chi connectivity index (χ3n) is 6.61. The molecule has 9 heteroatoms. The number of nitro benzene ring substituents is 1. The van der Waals surface area contributed by atoms with Gasteiger partial charge in [-0.1, -0.05) is 37.3 Å². The van der Waals surface area contributed by atoms with Gasteiger partial charge in [-0.05, 0) is 62.3 Å². The van der Waals surface area contributed by atoms with Crippen molar-refractivity contribution in [1.82, 2.24) is 0 Å². The minimum absolute atomic E-state index is 0.0970. The van der Waals surface area contributed by atoms with Gasteiger partial charge in [0.05, 0.1) is 17.1 Å². The monoisotopic (exact) mass is 521 g/mol. The molecule has 1 N–H and O–H groups in total. The van der Waals surface area contributed by atoms with Gasteiger partial charge in [0.15, 0.2) is 0 Å². The number of carbonyl (C=O) groups is 2. The number of ether oxygens (including phenoxy) is 1. The van der Waals surface area contributed by atoms with E-state index in [0.29, 0.717) is 28.6 Å². The van der Waals surface area contributed by atoms with Crippen molar-refractivity contribution in [2.75, 3.05) is 29.9 Å². The molecule has 2 heterocycles. The molecule has 2 aromatic carbocycles. The number of amides is 1. The van der Waals surface area contributed by atoms with Crippen LogP contribution in [-0.2, 0) is 17.6 Å². The van der Waals surface area contributed by atoms with Crippen molar-refractivity contribution in [3.63, 3.8) is 0 Å². The summed E-state index contributed by atoms with van der Waals surface area (Å²) in [6, 6.07) is 16.7. The second-order valence-corrected chi connectivity index (χ2v) is 10.2. The molecule has 0 spiro atoms. The number of esters is 1. The maximum absolute atomic E-state index is 13.0. The van der Waals surface area contributed by atoms with Crippen molar-refractivity contribution in [2.45, 2.75) is 39.5 Å². The Morgan fingerprint density at radius 2 is 1.84 bits per heavy atom. The third-order valence-corrected chi connectivity index (χ3v) is 7.81. The molecule has 1 saturated heterocycles. The highest BCUT2D eigenvalue weighted by molar-refractivity contribution is 7.16. The molecular weight excluding hydrogens is 490 g/mol. The summed E-state index contributed by atoms with van der Waals surface area (Å²) >= 11 is 1.30. The number of aryl methyl sites for hydroxylation is 1. The predicted molar refractivity (Wildman–Crippen MR) is 146 cm³/mol. The number of carbonyl (C=O) groups excluding carboxylic acids is 2. The van der Waals surface area contributed by atoms with Crippen molar-refractivity contribution in [3.05, 3.63) is 86.3 Å². The molecule has 3 aromatic rings. The number of nitrogens with zero attached hydrogens (tertiary/aromatic N) is 2. The molecule has 1 amide bonds. The number of anilines is 2. The Balaban J connectivity index is 1.48. The molecule has 0 bridgehead atoms. The van der Waals surface area contributed by atoms with E-state index in [0.717, 1.165) is 37.2 Å². The third kappa shape index (κ3) is 6.35. The number of piperidine rings is 1. The van der Waals surface area contributed by atoms with E-state index in [-0.39, 0.29) is 17.9 Å². The minimum Gasteiger partial charge on any atom is -0.462 e. The quantitative estimate of drug-likeness (QED) is 0.207. The average molecular weight is 522 g/mol. The summed E-state index contributed by atoms with van der Waals surface area (Å²) in [6.45, 7) is 5.35. The van der Waals surface area contributed by atoms with Gasteiger partial charge >= 0.3 is 5.97 Å². The predicted octanol–water partition coefficient (Wildman–Crippen LogP) is 6.11. The summed E-state index contributed by atoms with van der Waals surface area (Å²) in [6.07, 6.45) is 3.60. The van der Waals surface area contributed by atoms with Crippen molar-refractivity contribution in [1.29, 1.82) is 0 Å². The zero-order chi connectivity index (χ0) is 26.4. The standard InChI is InChI=1S/C28H31N3O5S/c1-3-22-18-23(28(33)36-4-2)27(37-22)29-26(32)21-10-11-24(25(17-21)31(34)35)30-14-12-20(13-15-30)16-19-8-6-5-7-9-19/h5-11,17-18,20H,3-4,12-16H2,1-2H3,(H,29,32). The summed E-state index contributed by atoms with van der Waals surface area (Å²) in [5.41, 5.74) is 2.19. The molecule has 0 aliphatic carbocycles. The lowest BCUT2D eigenvalue weighted by atomic mass is 9.90. The molecule has 0 radical (unpaired) electrons. The number of nitro groups is 1. The van der Waals surface area contributed by atoms with Crippen LogP contribution in [0.1, 0.15) is 57.8 Å². The smallest absolute Gasteiger partial charge is 0.341 e. The number of thiophene rings is 1. The first-order chi connectivity index (χ1) is 17.9. The van der Waals surface area contributed by atoms with Crippen LogP contribution in [0.2, 0.25) is 0 Å². The summed E-state index contributed by atoms with van der Waals surface area (Å²) < 4.78 is 5.11. The summed E-state index contributed by atoms with van der Waals surface area (Å²) in [4.78, 5) is 39.8. The van der Waals surface area contributed by atoms with Gasteiger partial charge in [0.1, 0.15) is 10.7 Å². The van der Waals surface area contributed by atoms with E-state index >= 15 is 0 Å². The number of hydrogen-bond acceptors (Lipinski definition) is 7. The molecular formula is C28H31N3O5S. The van der Waals surface area contributed by atoms with E-state index in [1.165, 1.54) is 23.0 Å². The molecule has 37 heavy (non-hydrogen) atoms. The first-order valence-electron chi connectivity index (χ1n) is 12.6. The van der Waals surface area contributed by atoms with Crippen molar-refractivity contribution >= 4 is 39.6 Å². The molecule has 1 aromatic heterocycles. The highest BCUT2D eigenvalue weighted by atomic mass is 32.1. The molecule has 8 nitrogen and oxygen atoms in total. The van der Waals surface area contributed by atoms with Gasteiger partial charge in [-0.2, -0.15) is 0 Å². The largest absolute Gasteiger partial charge is 0.462 e. The first kappa shape index (κ1) is 26.3. The molecule has 194 valence electrons. The second-order valence-electron chi connectivity index (χ2n) is 9.06. The topological polar surface area (TPSA) is 102 Å². The second kappa shape index (κ2) is 12.0. The summed E-state index contributed by atoms with van der Waals surface area (Å²) in [5.74, 6) is -0.479. The van der Waals surface area contributed by atoms with Crippen molar-refractivity contribution in [2.24, 2.45) is 5.92 Å². The van der Waals surface area contributed by atoms with Crippen LogP contribution in [0.3, 0.4) is 0 Å². The summed E-state index contributed by atoms with van der Waals surface area (Å²) in [5, 5.41) is 15.1. The molecule has 0 unspecified atom stereocenters. The van der Waals surface area contributed by atoms with Crippen LogP contribution in [0, 0.1) is 16.0 Å². The van der Waals surface area contributed by atoms with Gasteiger partial charge in [0.2, 0.25) is 0 Å². The molecule has 1 aliphatic heterocycles. The highest BCUT2D eigenvalue weighted by Gasteiger charge is 2.27. The Hall–Kier alpha value is -3.72. The van der Waals surface area contributed by atoms with Crippen LogP contribution < -0.4 is 10.2 Å². The zero-order valence-electron chi connectivity index (χ0n) is 21.1. The van der Waals surface area contributed by atoms with E-state index in [2.05, 4.69) is 17.4 Å². The Morgan fingerprint density at radius 1 is 1.11 bits per heavy atom. The SMILES string of the molecule is CCOC(=O)c1cc(CC)sc1NC(=O)c1ccc(N2CCC(Cc3ccccc3)CC2)c([N+](=O)[O-])c1. The van der Waals surface area contributed by atoms with Crippen LogP contribution in [0.5, 0.6) is 0 Å². The number of benzene rings is 2. The van der Waals surface area contributed by atoms with Gasteiger partial charge in [-0.3, -0.25) is 14.9 Å². The van der Waals surface area contributed by atoms with E-state index in [1.54, 1.807) is 25.1 Å². The fraction of sp³-hybridized carbons (Fsp3) is 0.357.